The molecule has 0 aliphatic carbocycles. The van der Waals surface area contributed by atoms with Crippen LogP contribution in [0.2, 0.25) is 5.02 Å². The fraction of sp³-hybridized carbons (Fsp3) is 0.364. The van der Waals surface area contributed by atoms with Gasteiger partial charge in [-0.2, -0.15) is 0 Å². The van der Waals surface area contributed by atoms with Gasteiger partial charge in [0, 0.05) is 29.1 Å². The van der Waals surface area contributed by atoms with Crippen molar-refractivity contribution >= 4 is 28.3 Å². The second-order valence-electron chi connectivity index (χ2n) is 6.89. The summed E-state index contributed by atoms with van der Waals surface area (Å²) in [5.74, 6) is 1.74. The van der Waals surface area contributed by atoms with Crippen LogP contribution in [0.15, 0.2) is 24.3 Å². The maximum Gasteiger partial charge on any atom is 0.140 e. The molecule has 0 aliphatic heterocycles. The van der Waals surface area contributed by atoms with E-state index in [4.69, 9.17) is 21.6 Å². The van der Waals surface area contributed by atoms with E-state index in [1.54, 1.807) is 0 Å². The first-order valence-corrected chi connectivity index (χ1v) is 9.54. The van der Waals surface area contributed by atoms with E-state index in [-0.39, 0.29) is 0 Å². The Labute approximate surface area is 161 Å². The largest absolute Gasteiger partial charge is 0.357 e. The van der Waals surface area contributed by atoms with Crippen molar-refractivity contribution in [3.8, 4) is 11.1 Å². The van der Waals surface area contributed by atoms with Crippen LogP contribution in [0.5, 0.6) is 0 Å². The fourth-order valence-corrected chi connectivity index (χ4v) is 4.07. The summed E-state index contributed by atoms with van der Waals surface area (Å²) in [6.45, 7) is 14.5. The summed E-state index contributed by atoms with van der Waals surface area (Å²) in [6.07, 6.45) is 0. The lowest BCUT2D eigenvalue weighted by atomic mass is 9.92. The third-order valence-corrected chi connectivity index (χ3v) is 5.08. The van der Waals surface area contributed by atoms with Gasteiger partial charge < -0.3 is 4.90 Å². The number of rotatable bonds is 4. The minimum Gasteiger partial charge on any atom is -0.357 e. The van der Waals surface area contributed by atoms with Gasteiger partial charge in [0.2, 0.25) is 0 Å². The van der Waals surface area contributed by atoms with Crippen molar-refractivity contribution in [3.05, 3.63) is 51.8 Å². The van der Waals surface area contributed by atoms with Crippen LogP contribution >= 0.6 is 11.6 Å². The van der Waals surface area contributed by atoms with Gasteiger partial charge in [-0.25, -0.2) is 9.97 Å². The van der Waals surface area contributed by atoms with E-state index >= 15 is 0 Å². The van der Waals surface area contributed by atoms with Crippen LogP contribution in [-0.2, 0) is 0 Å². The quantitative estimate of drug-likeness (QED) is 0.563. The van der Waals surface area contributed by atoms with Crippen LogP contribution in [0.1, 0.15) is 36.4 Å². The molecule has 1 aromatic heterocycles. The van der Waals surface area contributed by atoms with Crippen molar-refractivity contribution < 1.29 is 0 Å². The Morgan fingerprint density at radius 2 is 1.50 bits per heavy atom. The highest BCUT2D eigenvalue weighted by Gasteiger charge is 2.18. The van der Waals surface area contributed by atoms with Crippen molar-refractivity contribution in [3.63, 3.8) is 0 Å². The smallest absolute Gasteiger partial charge is 0.140 e. The summed E-state index contributed by atoms with van der Waals surface area (Å²) >= 11 is 6.54. The number of anilines is 1. The molecule has 0 aliphatic rings. The highest BCUT2D eigenvalue weighted by Crippen LogP contribution is 2.38. The average molecular weight is 368 g/mol. The highest BCUT2D eigenvalue weighted by atomic mass is 35.5. The number of fused-ring (bicyclic) bond motifs is 1. The maximum absolute atomic E-state index is 6.54. The number of hydrogen-bond acceptors (Lipinski definition) is 3. The molecule has 3 aromatic rings. The molecule has 0 unspecified atom stereocenters. The summed E-state index contributed by atoms with van der Waals surface area (Å²) in [5, 5.41) is 1.73. The Bertz CT molecular complexity index is 952. The van der Waals surface area contributed by atoms with Gasteiger partial charge in [0.25, 0.3) is 0 Å². The Kier molecular flexibility index (Phi) is 5.19. The summed E-state index contributed by atoms with van der Waals surface area (Å²) in [4.78, 5) is 11.8. The van der Waals surface area contributed by atoms with Crippen molar-refractivity contribution in [2.75, 3.05) is 18.0 Å². The molecule has 0 saturated carbocycles. The van der Waals surface area contributed by atoms with E-state index in [0.29, 0.717) is 5.02 Å². The number of benzene rings is 2. The first-order valence-electron chi connectivity index (χ1n) is 9.16. The molecule has 0 N–H and O–H groups in total. The van der Waals surface area contributed by atoms with Crippen LogP contribution in [0.25, 0.3) is 22.0 Å². The topological polar surface area (TPSA) is 29.0 Å². The standard InChI is InChI=1S/C22H26ClN3/c1-7-26(8-2)22-19-12-17(23)11-18(21(19)24-16(6)25-22)20-14(4)9-13(3)10-15(20)5/h9-12H,7-8H2,1-6H3. The van der Waals surface area contributed by atoms with Gasteiger partial charge in [0.05, 0.1) is 5.52 Å². The Morgan fingerprint density at radius 1 is 0.885 bits per heavy atom. The fourth-order valence-electron chi connectivity index (χ4n) is 3.85. The molecule has 0 saturated heterocycles. The van der Waals surface area contributed by atoms with E-state index in [1.807, 2.05) is 19.1 Å². The molecule has 3 rings (SSSR count). The zero-order valence-electron chi connectivity index (χ0n) is 16.4. The molecule has 3 nitrogen and oxygen atoms in total. The predicted molar refractivity (Wildman–Crippen MR) is 112 cm³/mol. The van der Waals surface area contributed by atoms with Gasteiger partial charge >= 0.3 is 0 Å². The molecule has 136 valence electrons. The van der Waals surface area contributed by atoms with Gasteiger partial charge in [-0.15, -0.1) is 0 Å². The predicted octanol–water partition coefficient (Wildman–Crippen LogP) is 6.03. The van der Waals surface area contributed by atoms with E-state index in [2.05, 4.69) is 51.7 Å². The minimum absolute atomic E-state index is 0.715. The van der Waals surface area contributed by atoms with Gasteiger partial charge in [0.15, 0.2) is 0 Å². The van der Waals surface area contributed by atoms with Crippen molar-refractivity contribution in [2.24, 2.45) is 0 Å². The zero-order valence-corrected chi connectivity index (χ0v) is 17.2. The number of aromatic nitrogens is 2. The summed E-state index contributed by atoms with van der Waals surface area (Å²) in [7, 11) is 0. The van der Waals surface area contributed by atoms with Crippen molar-refractivity contribution in [1.29, 1.82) is 0 Å². The maximum atomic E-state index is 6.54. The number of hydrogen-bond donors (Lipinski definition) is 0. The molecule has 0 spiro atoms. The zero-order chi connectivity index (χ0) is 19.0. The second-order valence-corrected chi connectivity index (χ2v) is 7.33. The molecule has 26 heavy (non-hydrogen) atoms. The molecule has 0 atom stereocenters. The van der Waals surface area contributed by atoms with Gasteiger partial charge in [0.1, 0.15) is 11.6 Å². The Balaban J connectivity index is 2.42. The average Bonchev–Trinajstić information content (AvgIpc) is 2.55. The van der Waals surface area contributed by atoms with Crippen molar-refractivity contribution in [2.45, 2.75) is 41.5 Å². The first kappa shape index (κ1) is 18.7. The van der Waals surface area contributed by atoms with Gasteiger partial charge in [-0.3, -0.25) is 0 Å². The minimum atomic E-state index is 0.715. The van der Waals surface area contributed by atoms with E-state index in [0.717, 1.165) is 41.2 Å². The SMILES string of the molecule is CCN(CC)c1nc(C)nc2c(-c3c(C)cc(C)cc3C)cc(Cl)cc12. The van der Waals surface area contributed by atoms with Gasteiger partial charge in [-0.05, 0) is 70.4 Å². The third kappa shape index (κ3) is 3.28. The second kappa shape index (κ2) is 7.24. The van der Waals surface area contributed by atoms with Crippen LogP contribution < -0.4 is 4.90 Å². The summed E-state index contributed by atoms with van der Waals surface area (Å²) in [6, 6.07) is 8.46. The lowest BCUT2D eigenvalue weighted by molar-refractivity contribution is 0.843. The van der Waals surface area contributed by atoms with Crippen LogP contribution in [0.3, 0.4) is 0 Å². The number of halogens is 1. The van der Waals surface area contributed by atoms with E-state index in [1.165, 1.54) is 22.3 Å². The molecular weight excluding hydrogens is 342 g/mol. The molecule has 0 radical (unpaired) electrons. The molecule has 2 aromatic carbocycles. The first-order chi connectivity index (χ1) is 12.3. The molecule has 0 bridgehead atoms. The normalized spacial score (nSPS) is 11.2. The summed E-state index contributed by atoms with van der Waals surface area (Å²) < 4.78 is 0. The van der Waals surface area contributed by atoms with Crippen LogP contribution in [0, 0.1) is 27.7 Å². The lowest BCUT2D eigenvalue weighted by Gasteiger charge is -2.23. The third-order valence-electron chi connectivity index (χ3n) is 4.87. The van der Waals surface area contributed by atoms with E-state index < -0.39 is 0 Å². The summed E-state index contributed by atoms with van der Waals surface area (Å²) in [5.41, 5.74) is 7.02. The van der Waals surface area contributed by atoms with Crippen LogP contribution in [-0.4, -0.2) is 23.1 Å². The molecule has 4 heteroatoms. The molecule has 1 heterocycles. The van der Waals surface area contributed by atoms with E-state index in [9.17, 15) is 0 Å². The number of aryl methyl sites for hydroxylation is 4. The molecule has 0 amide bonds. The lowest BCUT2D eigenvalue weighted by Crippen LogP contribution is -2.23. The highest BCUT2D eigenvalue weighted by molar-refractivity contribution is 6.32. The molecular formula is C22H26ClN3. The number of nitrogens with zero attached hydrogens (tertiary/aromatic N) is 3. The van der Waals surface area contributed by atoms with Crippen molar-refractivity contribution in [1.82, 2.24) is 9.97 Å². The molecule has 0 fully saturated rings. The Hall–Kier alpha value is -2.13. The monoisotopic (exact) mass is 367 g/mol. The van der Waals surface area contributed by atoms with Gasteiger partial charge in [-0.1, -0.05) is 29.3 Å². The Morgan fingerprint density at radius 3 is 2.08 bits per heavy atom. The van der Waals surface area contributed by atoms with Crippen LogP contribution in [0.4, 0.5) is 5.82 Å².